The average Bonchev–Trinajstić information content (AvgIpc) is 3.34. The Bertz CT molecular complexity index is 1360. The molecule has 0 aromatic carbocycles. The Morgan fingerprint density at radius 2 is 1.95 bits per heavy atom. The number of unbranched alkanes of at least 4 members (excludes halogenated alkanes) is 1. The highest BCUT2D eigenvalue weighted by atomic mass is 35.5. The summed E-state index contributed by atoms with van der Waals surface area (Å²) in [7, 11) is 0. The second-order valence-electron chi connectivity index (χ2n) is 9.24. The molecule has 2 N–H and O–H groups in total. The topological polar surface area (TPSA) is 131 Å². The van der Waals surface area contributed by atoms with E-state index in [4.69, 9.17) is 28.3 Å². The van der Waals surface area contributed by atoms with Crippen LogP contribution >= 0.6 is 34.5 Å². The fourth-order valence-corrected chi connectivity index (χ4v) is 4.68. The molecule has 1 amide bonds. The molecule has 0 saturated carbocycles. The van der Waals surface area contributed by atoms with Gasteiger partial charge in [-0.25, -0.2) is 15.0 Å². The normalized spacial score (nSPS) is 12.0. The van der Waals surface area contributed by atoms with Gasteiger partial charge in [-0.05, 0) is 23.8 Å². The van der Waals surface area contributed by atoms with Crippen molar-refractivity contribution in [2.75, 3.05) is 11.9 Å². The van der Waals surface area contributed by atoms with E-state index in [-0.39, 0.29) is 63.4 Å². The summed E-state index contributed by atoms with van der Waals surface area (Å²) in [5.74, 6) is 5.00. The summed E-state index contributed by atoms with van der Waals surface area (Å²) in [6.07, 6.45) is 3.82. The number of amides is 1. The van der Waals surface area contributed by atoms with E-state index in [1.165, 1.54) is 23.9 Å². The fourth-order valence-electron chi connectivity index (χ4n) is 3.19. The third kappa shape index (κ3) is 7.52. The number of aliphatic hydroxyl groups is 1. The molecule has 12 heteroatoms. The van der Waals surface area contributed by atoms with Crippen molar-refractivity contribution in [3.05, 3.63) is 55.6 Å². The summed E-state index contributed by atoms with van der Waals surface area (Å²) in [5, 5.41) is 20.5. The molecule has 0 bridgehead atoms. The molecule has 0 fully saturated rings. The highest BCUT2D eigenvalue weighted by Crippen LogP contribution is 2.30. The number of ketones is 1. The van der Waals surface area contributed by atoms with Gasteiger partial charge in [-0.15, -0.1) is 21.5 Å². The number of rotatable bonds is 8. The molecular weight excluding hydrogens is 535 g/mol. The molecule has 3 aromatic heterocycles. The van der Waals surface area contributed by atoms with Crippen LogP contribution in [0.5, 0.6) is 0 Å². The highest BCUT2D eigenvalue weighted by molar-refractivity contribution is 7.13. The number of nitrogens with zero attached hydrogens (tertiary/aromatic N) is 5. The number of hydrogen-bond acceptors (Lipinski definition) is 9. The number of aromatic nitrogens is 5. The highest BCUT2D eigenvalue weighted by Gasteiger charge is 2.23. The van der Waals surface area contributed by atoms with Gasteiger partial charge in [0.25, 0.3) is 5.91 Å². The van der Waals surface area contributed by atoms with Crippen molar-refractivity contribution >= 4 is 52.0 Å². The molecule has 194 valence electrons. The number of thiazole rings is 1. The van der Waals surface area contributed by atoms with E-state index in [1.807, 2.05) is 27.7 Å². The largest absolute Gasteiger partial charge is 0.396 e. The number of anilines is 1. The lowest BCUT2D eigenvalue weighted by Crippen LogP contribution is -2.17. The molecular formula is C25H26Cl2N6O3S. The Morgan fingerprint density at radius 1 is 1.19 bits per heavy atom. The molecule has 0 radical (unpaired) electrons. The minimum atomic E-state index is -0.387. The van der Waals surface area contributed by atoms with E-state index in [0.29, 0.717) is 22.7 Å². The van der Waals surface area contributed by atoms with Crippen LogP contribution in [0.15, 0.2) is 18.6 Å². The van der Waals surface area contributed by atoms with Gasteiger partial charge >= 0.3 is 0 Å². The zero-order valence-corrected chi connectivity index (χ0v) is 23.1. The van der Waals surface area contributed by atoms with Gasteiger partial charge in [0.2, 0.25) is 0 Å². The Morgan fingerprint density at radius 3 is 2.65 bits per heavy atom. The number of aliphatic hydroxyl groups excluding tert-OH is 1. The third-order valence-corrected chi connectivity index (χ3v) is 7.04. The van der Waals surface area contributed by atoms with Crippen LogP contribution in [0.3, 0.4) is 0 Å². The molecule has 0 spiro atoms. The van der Waals surface area contributed by atoms with Crippen LogP contribution in [0.1, 0.15) is 89.3 Å². The standard InChI is InChI=1S/C25H26Cl2N6O3S/c1-14(10-17(35)21-20(26)16(29-13-30-21)8-6-5-7-9-34)24-28-12-18(37-24)23(36)31-19-11-15(25(2,3)4)22(27)33-32-19/h11-14,34H,5,7,9-10H2,1-4H3,(H,31,32,36). The van der Waals surface area contributed by atoms with Crippen LogP contribution in [0, 0.1) is 11.8 Å². The molecule has 9 nitrogen and oxygen atoms in total. The van der Waals surface area contributed by atoms with Crippen molar-refractivity contribution in [2.24, 2.45) is 0 Å². The molecule has 0 aliphatic heterocycles. The van der Waals surface area contributed by atoms with Crippen LogP contribution in [-0.4, -0.2) is 48.6 Å². The number of carbonyl (C=O) groups excluding carboxylic acids is 2. The molecule has 0 aliphatic rings. The van der Waals surface area contributed by atoms with Crippen molar-refractivity contribution in [2.45, 2.75) is 58.3 Å². The van der Waals surface area contributed by atoms with Crippen molar-refractivity contribution < 1.29 is 14.7 Å². The maximum Gasteiger partial charge on any atom is 0.268 e. The molecule has 37 heavy (non-hydrogen) atoms. The first-order valence-electron chi connectivity index (χ1n) is 11.5. The average molecular weight is 561 g/mol. The molecule has 0 saturated heterocycles. The van der Waals surface area contributed by atoms with Crippen LogP contribution in [0.2, 0.25) is 10.2 Å². The van der Waals surface area contributed by atoms with Crippen LogP contribution in [-0.2, 0) is 5.41 Å². The van der Waals surface area contributed by atoms with Gasteiger partial charge in [0.1, 0.15) is 27.6 Å². The lowest BCUT2D eigenvalue weighted by molar-refractivity contribution is 0.0969. The van der Waals surface area contributed by atoms with Crippen molar-refractivity contribution in [3.63, 3.8) is 0 Å². The number of halogens is 2. The molecule has 3 heterocycles. The molecule has 1 unspecified atom stereocenters. The van der Waals surface area contributed by atoms with Gasteiger partial charge in [-0.2, -0.15) is 0 Å². The number of Topliss-reactive ketones (excluding diaryl/α,β-unsaturated/α-hetero) is 1. The summed E-state index contributed by atoms with van der Waals surface area (Å²) < 4.78 is 0. The van der Waals surface area contributed by atoms with Crippen molar-refractivity contribution in [3.8, 4) is 11.8 Å². The number of hydrogen-bond donors (Lipinski definition) is 2. The maximum absolute atomic E-state index is 12.9. The van der Waals surface area contributed by atoms with E-state index in [0.717, 1.165) is 5.56 Å². The van der Waals surface area contributed by atoms with Gasteiger partial charge < -0.3 is 10.4 Å². The Balaban J connectivity index is 1.68. The Labute approximate surface area is 229 Å². The van der Waals surface area contributed by atoms with Crippen molar-refractivity contribution in [1.29, 1.82) is 0 Å². The Kier molecular flexibility index (Phi) is 9.68. The van der Waals surface area contributed by atoms with Crippen LogP contribution in [0.4, 0.5) is 5.82 Å². The zero-order valence-electron chi connectivity index (χ0n) is 20.8. The summed E-state index contributed by atoms with van der Waals surface area (Å²) >= 11 is 13.7. The number of carbonyl (C=O) groups is 2. The predicted octanol–water partition coefficient (Wildman–Crippen LogP) is 5.08. The summed E-state index contributed by atoms with van der Waals surface area (Å²) in [5.41, 5.74) is 0.838. The predicted molar refractivity (Wildman–Crippen MR) is 143 cm³/mol. The zero-order chi connectivity index (χ0) is 27.2. The lowest BCUT2D eigenvalue weighted by atomic mass is 9.88. The fraction of sp³-hybridized carbons (Fsp3) is 0.400. The SMILES string of the molecule is CC(CC(=O)c1ncnc(C#CCCCO)c1Cl)c1ncc(C(=O)Nc2cc(C(C)(C)C)c(Cl)nn2)s1. The van der Waals surface area contributed by atoms with E-state index in [9.17, 15) is 9.59 Å². The third-order valence-electron chi connectivity index (χ3n) is 5.18. The first-order valence-corrected chi connectivity index (χ1v) is 13.0. The molecule has 3 rings (SSSR count). The van der Waals surface area contributed by atoms with Crippen LogP contribution < -0.4 is 5.32 Å². The van der Waals surface area contributed by atoms with Gasteiger partial charge in [0, 0.05) is 30.9 Å². The van der Waals surface area contributed by atoms with E-state index in [2.05, 4.69) is 42.3 Å². The first kappa shape index (κ1) is 28.6. The van der Waals surface area contributed by atoms with Gasteiger partial charge in [-0.1, -0.05) is 56.8 Å². The molecule has 1 atom stereocenters. The van der Waals surface area contributed by atoms with E-state index >= 15 is 0 Å². The van der Waals surface area contributed by atoms with Gasteiger partial charge in [-0.3, -0.25) is 9.59 Å². The lowest BCUT2D eigenvalue weighted by Gasteiger charge is -2.20. The minimum absolute atomic E-state index is 0.0430. The second kappa shape index (κ2) is 12.5. The van der Waals surface area contributed by atoms with Gasteiger partial charge in [0.15, 0.2) is 16.8 Å². The smallest absolute Gasteiger partial charge is 0.268 e. The Hall–Kier alpha value is -2.97. The summed E-state index contributed by atoms with van der Waals surface area (Å²) in [4.78, 5) is 38.5. The van der Waals surface area contributed by atoms with E-state index in [1.54, 1.807) is 6.07 Å². The first-order chi connectivity index (χ1) is 17.5. The number of nitrogens with one attached hydrogen (secondary N) is 1. The second-order valence-corrected chi connectivity index (χ2v) is 11.0. The summed E-state index contributed by atoms with van der Waals surface area (Å²) in [6.45, 7) is 7.84. The maximum atomic E-state index is 12.9. The quantitative estimate of drug-likeness (QED) is 0.221. The molecule has 0 aliphatic carbocycles. The minimum Gasteiger partial charge on any atom is -0.396 e. The van der Waals surface area contributed by atoms with Crippen LogP contribution in [0.25, 0.3) is 0 Å². The van der Waals surface area contributed by atoms with Crippen molar-refractivity contribution in [1.82, 2.24) is 25.1 Å². The molecule has 3 aromatic rings. The van der Waals surface area contributed by atoms with E-state index < -0.39 is 0 Å². The monoisotopic (exact) mass is 560 g/mol. The van der Waals surface area contributed by atoms with Gasteiger partial charge in [0.05, 0.1) is 11.2 Å². The summed E-state index contributed by atoms with van der Waals surface area (Å²) in [6, 6.07) is 1.70.